The molecule has 1 aliphatic heterocycles. The number of nitrogens with zero attached hydrogens (tertiary/aromatic N) is 3. The minimum absolute atomic E-state index is 0.0432. The lowest BCUT2D eigenvalue weighted by atomic mass is 9.86. The van der Waals surface area contributed by atoms with E-state index in [-0.39, 0.29) is 5.41 Å². The molecule has 0 saturated carbocycles. The van der Waals surface area contributed by atoms with Crippen LogP contribution in [-0.2, 0) is 5.41 Å². The topological polar surface area (TPSA) is 28.6 Å². The third-order valence-electron chi connectivity index (χ3n) is 7.36. The highest BCUT2D eigenvalue weighted by Gasteiger charge is 2.19. The number of pyridine rings is 1. The summed E-state index contributed by atoms with van der Waals surface area (Å²) in [4.78, 5) is 9.22. The van der Waals surface area contributed by atoms with Crippen LogP contribution in [0.3, 0.4) is 0 Å². The van der Waals surface area contributed by atoms with Gasteiger partial charge in [0, 0.05) is 74.6 Å². The van der Waals surface area contributed by atoms with Crippen LogP contribution in [0.5, 0.6) is 10.8 Å². The number of rotatable bonds is 4. The molecule has 39 heavy (non-hydrogen) atoms. The number of hydrogen-bond acceptors (Lipinski definition) is 6. The van der Waals surface area contributed by atoms with Gasteiger partial charge in [-0.25, -0.2) is 0 Å². The van der Waals surface area contributed by atoms with Crippen LogP contribution < -0.4 is 9.64 Å². The van der Waals surface area contributed by atoms with Crippen molar-refractivity contribution >= 4 is 59.3 Å². The molecule has 4 nitrogen and oxygen atoms in total. The quantitative estimate of drug-likeness (QED) is 0.220. The third-order valence-corrected chi connectivity index (χ3v) is 9.28. The van der Waals surface area contributed by atoms with Gasteiger partial charge in [-0.15, -0.1) is 11.3 Å². The van der Waals surface area contributed by atoms with Gasteiger partial charge in [0.2, 0.25) is 0 Å². The molecule has 0 N–H and O–H groups in total. The van der Waals surface area contributed by atoms with E-state index in [4.69, 9.17) is 9.72 Å². The molecule has 3 aromatic heterocycles. The molecule has 0 atom stereocenters. The molecule has 6 aromatic rings. The SMILES string of the molecule is CN1C=CN(c2cccc(Oc3cc4c(-c5cc(C(C)(C)C)ccn5)cc5c6ccsc6ccc5c4s3)c2)C1. The number of aromatic nitrogens is 1. The molecular weight excluding hydrogens is 519 g/mol. The fourth-order valence-corrected chi connectivity index (χ4v) is 7.14. The Morgan fingerprint density at radius 3 is 2.59 bits per heavy atom. The summed E-state index contributed by atoms with van der Waals surface area (Å²) in [6, 6.07) is 23.9. The maximum absolute atomic E-state index is 6.52. The first-order valence-corrected chi connectivity index (χ1v) is 14.8. The van der Waals surface area contributed by atoms with Gasteiger partial charge in [-0.1, -0.05) is 44.2 Å². The molecule has 0 radical (unpaired) electrons. The van der Waals surface area contributed by atoms with Crippen molar-refractivity contribution in [2.24, 2.45) is 0 Å². The van der Waals surface area contributed by atoms with Gasteiger partial charge in [0.1, 0.15) is 5.75 Å². The van der Waals surface area contributed by atoms with Gasteiger partial charge in [-0.05, 0) is 64.2 Å². The van der Waals surface area contributed by atoms with Crippen molar-refractivity contribution in [2.75, 3.05) is 18.6 Å². The molecule has 0 aliphatic carbocycles. The van der Waals surface area contributed by atoms with Crippen LogP contribution in [0.4, 0.5) is 5.69 Å². The second-order valence-corrected chi connectivity index (χ2v) is 13.1. The fourth-order valence-electron chi connectivity index (χ4n) is 5.26. The molecule has 0 spiro atoms. The molecule has 0 unspecified atom stereocenters. The van der Waals surface area contributed by atoms with E-state index in [0.29, 0.717) is 0 Å². The van der Waals surface area contributed by atoms with E-state index in [1.807, 2.05) is 12.3 Å². The summed E-state index contributed by atoms with van der Waals surface area (Å²) >= 11 is 3.49. The summed E-state index contributed by atoms with van der Waals surface area (Å²) in [5.41, 5.74) is 4.58. The zero-order valence-corrected chi connectivity index (χ0v) is 24.1. The van der Waals surface area contributed by atoms with Crippen molar-refractivity contribution in [3.05, 3.63) is 96.3 Å². The van der Waals surface area contributed by atoms with E-state index in [2.05, 4.69) is 116 Å². The number of fused-ring (bicyclic) bond motifs is 5. The van der Waals surface area contributed by atoms with E-state index in [1.165, 1.54) is 36.5 Å². The Balaban J connectivity index is 1.38. The molecule has 0 saturated heterocycles. The summed E-state index contributed by atoms with van der Waals surface area (Å²) in [6.45, 7) is 7.58. The van der Waals surface area contributed by atoms with Crippen molar-refractivity contribution in [3.8, 4) is 22.1 Å². The highest BCUT2D eigenvalue weighted by molar-refractivity contribution is 7.22. The summed E-state index contributed by atoms with van der Waals surface area (Å²) < 4.78 is 9.05. The maximum Gasteiger partial charge on any atom is 0.182 e. The van der Waals surface area contributed by atoms with Crippen LogP contribution >= 0.6 is 22.7 Å². The lowest BCUT2D eigenvalue weighted by molar-refractivity contribution is 0.490. The van der Waals surface area contributed by atoms with Gasteiger partial charge in [0.05, 0.1) is 12.4 Å². The Kier molecular flexibility index (Phi) is 5.65. The van der Waals surface area contributed by atoms with Crippen LogP contribution in [0.1, 0.15) is 26.3 Å². The van der Waals surface area contributed by atoms with E-state index in [0.717, 1.165) is 34.4 Å². The number of anilines is 1. The van der Waals surface area contributed by atoms with E-state index < -0.39 is 0 Å². The van der Waals surface area contributed by atoms with Gasteiger partial charge < -0.3 is 14.5 Å². The van der Waals surface area contributed by atoms with E-state index in [9.17, 15) is 0 Å². The summed E-state index contributed by atoms with van der Waals surface area (Å²) in [5.74, 6) is 0.834. The average molecular weight is 548 g/mol. The molecule has 0 fully saturated rings. The van der Waals surface area contributed by atoms with Crippen molar-refractivity contribution < 1.29 is 4.74 Å². The summed E-state index contributed by atoms with van der Waals surface area (Å²) in [6.07, 6.45) is 6.12. The monoisotopic (exact) mass is 547 g/mol. The molecule has 3 aromatic carbocycles. The largest absolute Gasteiger partial charge is 0.447 e. The molecule has 7 rings (SSSR count). The van der Waals surface area contributed by atoms with E-state index in [1.54, 1.807) is 22.7 Å². The number of ether oxygens (including phenoxy) is 1. The molecule has 0 amide bonds. The molecule has 1 aliphatic rings. The Morgan fingerprint density at radius 1 is 0.872 bits per heavy atom. The highest BCUT2D eigenvalue weighted by atomic mass is 32.1. The molecule has 194 valence electrons. The van der Waals surface area contributed by atoms with Gasteiger partial charge in [0.15, 0.2) is 5.06 Å². The van der Waals surface area contributed by atoms with Crippen LogP contribution in [0.25, 0.3) is 42.2 Å². The predicted octanol–water partition coefficient (Wildman–Crippen LogP) is 9.60. The maximum atomic E-state index is 6.52. The zero-order valence-electron chi connectivity index (χ0n) is 22.4. The lowest BCUT2D eigenvalue weighted by Crippen LogP contribution is -2.21. The van der Waals surface area contributed by atoms with Gasteiger partial charge in [-0.2, -0.15) is 0 Å². The average Bonchev–Trinajstić information content (AvgIpc) is 3.67. The first-order valence-electron chi connectivity index (χ1n) is 13.1. The highest BCUT2D eigenvalue weighted by Crippen LogP contribution is 2.46. The lowest BCUT2D eigenvalue weighted by Gasteiger charge is -2.19. The second-order valence-electron chi connectivity index (χ2n) is 11.2. The standard InChI is InChI=1S/C33H29N3OS2/c1-33(2,3)21-10-12-34-29(16-21)27-18-26-24-11-15-38-30(24)9-8-25(26)32-28(27)19-31(39-32)37-23-7-5-6-22(17-23)36-14-13-35(4)20-36/h5-19H,20H2,1-4H3. The molecule has 4 heterocycles. The van der Waals surface area contributed by atoms with Crippen molar-refractivity contribution in [1.29, 1.82) is 0 Å². The van der Waals surface area contributed by atoms with Crippen LogP contribution in [0.15, 0.2) is 90.7 Å². The minimum atomic E-state index is 0.0432. The fraction of sp³-hybridized carbons (Fsp3) is 0.182. The number of thiophene rings is 2. The second kappa shape index (κ2) is 9.11. The smallest absolute Gasteiger partial charge is 0.182 e. The molecule has 0 bridgehead atoms. The van der Waals surface area contributed by atoms with Crippen LogP contribution in [-0.4, -0.2) is 23.6 Å². The van der Waals surface area contributed by atoms with Crippen LogP contribution in [0.2, 0.25) is 0 Å². The van der Waals surface area contributed by atoms with Gasteiger partial charge >= 0.3 is 0 Å². The summed E-state index contributed by atoms with van der Waals surface area (Å²) in [5, 5.41) is 8.04. The Bertz CT molecular complexity index is 1890. The zero-order chi connectivity index (χ0) is 26.7. The van der Waals surface area contributed by atoms with Crippen LogP contribution in [0, 0.1) is 0 Å². The normalized spacial score (nSPS) is 13.8. The predicted molar refractivity (Wildman–Crippen MR) is 167 cm³/mol. The minimum Gasteiger partial charge on any atom is -0.447 e. The number of benzene rings is 3. The Labute approximate surface area is 236 Å². The van der Waals surface area contributed by atoms with Gasteiger partial charge in [0.25, 0.3) is 0 Å². The van der Waals surface area contributed by atoms with Crippen molar-refractivity contribution in [1.82, 2.24) is 9.88 Å². The van der Waals surface area contributed by atoms with Crippen molar-refractivity contribution in [2.45, 2.75) is 26.2 Å². The first kappa shape index (κ1) is 24.2. The third kappa shape index (κ3) is 4.34. The van der Waals surface area contributed by atoms with Crippen molar-refractivity contribution in [3.63, 3.8) is 0 Å². The summed E-state index contributed by atoms with van der Waals surface area (Å²) in [7, 11) is 2.08. The molecule has 6 heteroatoms. The van der Waals surface area contributed by atoms with Gasteiger partial charge in [-0.3, -0.25) is 4.98 Å². The number of hydrogen-bond donors (Lipinski definition) is 0. The Hall–Kier alpha value is -3.87. The van der Waals surface area contributed by atoms with E-state index >= 15 is 0 Å². The first-order chi connectivity index (χ1) is 18.8. The molecular formula is C33H29N3OS2. The Morgan fingerprint density at radius 2 is 1.77 bits per heavy atom.